The zero-order valence-electron chi connectivity index (χ0n) is 16.3. The number of aryl methyl sites for hydroxylation is 1. The Hall–Kier alpha value is -2.92. The van der Waals surface area contributed by atoms with Gasteiger partial charge in [-0.3, -0.25) is 0 Å². The molecule has 140 valence electrons. The van der Waals surface area contributed by atoms with E-state index in [4.69, 9.17) is 4.98 Å². The maximum absolute atomic E-state index is 4.79. The van der Waals surface area contributed by atoms with Gasteiger partial charge in [0, 0.05) is 37.1 Å². The molecule has 0 saturated carbocycles. The Morgan fingerprint density at radius 3 is 2.22 bits per heavy atom. The zero-order chi connectivity index (χ0) is 19.1. The molecule has 0 unspecified atom stereocenters. The second kappa shape index (κ2) is 9.14. The number of likely N-dealkylation sites (N-methyl/N-ethyl adjacent to an activating group) is 1. The number of aromatic nitrogens is 2. The first kappa shape index (κ1) is 18.9. The van der Waals surface area contributed by atoms with Crippen molar-refractivity contribution < 1.29 is 0 Å². The molecule has 0 fully saturated rings. The third-order valence-electron chi connectivity index (χ3n) is 4.21. The summed E-state index contributed by atoms with van der Waals surface area (Å²) in [7, 11) is 4.11. The number of nitrogens with one attached hydrogen (secondary N) is 1. The van der Waals surface area contributed by atoms with Crippen molar-refractivity contribution in [2.24, 2.45) is 0 Å². The van der Waals surface area contributed by atoms with Crippen molar-refractivity contribution in [1.82, 2.24) is 14.9 Å². The van der Waals surface area contributed by atoms with Crippen molar-refractivity contribution in [3.63, 3.8) is 0 Å². The van der Waals surface area contributed by atoms with Gasteiger partial charge < -0.3 is 15.1 Å². The molecule has 2 aromatic carbocycles. The van der Waals surface area contributed by atoms with E-state index in [9.17, 15) is 0 Å². The minimum Gasteiger partial charge on any atom is -0.353 e. The van der Waals surface area contributed by atoms with Gasteiger partial charge in [-0.1, -0.05) is 48.5 Å². The number of anilines is 3. The van der Waals surface area contributed by atoms with Gasteiger partial charge in [0.25, 0.3) is 0 Å². The topological polar surface area (TPSA) is 44.3 Å². The molecule has 1 N–H and O–H groups in total. The van der Waals surface area contributed by atoms with E-state index in [1.54, 1.807) is 0 Å². The van der Waals surface area contributed by atoms with Crippen LogP contribution in [-0.4, -0.2) is 42.1 Å². The van der Waals surface area contributed by atoms with Gasteiger partial charge in [-0.2, -0.15) is 4.98 Å². The van der Waals surface area contributed by atoms with Gasteiger partial charge in [0.2, 0.25) is 5.95 Å². The van der Waals surface area contributed by atoms with E-state index in [-0.39, 0.29) is 0 Å². The van der Waals surface area contributed by atoms with E-state index in [1.807, 2.05) is 25.1 Å². The van der Waals surface area contributed by atoms with Gasteiger partial charge in [0.15, 0.2) is 0 Å². The highest BCUT2D eigenvalue weighted by Crippen LogP contribution is 2.27. The van der Waals surface area contributed by atoms with Crippen molar-refractivity contribution in [3.8, 4) is 0 Å². The first-order chi connectivity index (χ1) is 13.1. The van der Waals surface area contributed by atoms with Crippen LogP contribution in [0.1, 0.15) is 11.3 Å². The molecule has 3 rings (SSSR count). The quantitative estimate of drug-likeness (QED) is 0.654. The largest absolute Gasteiger partial charge is 0.353 e. The minimum atomic E-state index is 0.667. The third-order valence-corrected chi connectivity index (χ3v) is 4.21. The predicted octanol–water partition coefficient (Wildman–Crippen LogP) is 4.10. The number of nitrogens with zero attached hydrogens (tertiary/aromatic N) is 4. The number of para-hydroxylation sites is 1. The highest BCUT2D eigenvalue weighted by molar-refractivity contribution is 5.61. The number of benzene rings is 2. The molecular formula is C22H27N5. The van der Waals surface area contributed by atoms with E-state index in [0.29, 0.717) is 5.95 Å². The molecule has 3 aromatic rings. The summed E-state index contributed by atoms with van der Waals surface area (Å²) in [6.07, 6.45) is 0. The molecule has 27 heavy (non-hydrogen) atoms. The van der Waals surface area contributed by atoms with E-state index in [0.717, 1.165) is 36.8 Å². The molecule has 5 nitrogen and oxygen atoms in total. The van der Waals surface area contributed by atoms with E-state index < -0.39 is 0 Å². The lowest BCUT2D eigenvalue weighted by molar-refractivity contribution is 0.425. The number of hydrogen-bond acceptors (Lipinski definition) is 5. The lowest BCUT2D eigenvalue weighted by Crippen LogP contribution is -2.23. The summed E-state index contributed by atoms with van der Waals surface area (Å²) in [5.74, 6) is 1.56. The molecule has 0 aliphatic rings. The van der Waals surface area contributed by atoms with Crippen LogP contribution < -0.4 is 10.2 Å². The molecule has 0 saturated heterocycles. The molecule has 5 heteroatoms. The van der Waals surface area contributed by atoms with Crippen LogP contribution in [0.3, 0.4) is 0 Å². The van der Waals surface area contributed by atoms with Gasteiger partial charge in [0.1, 0.15) is 5.82 Å². The normalized spacial score (nSPS) is 10.8. The van der Waals surface area contributed by atoms with Crippen LogP contribution in [0.15, 0.2) is 66.7 Å². The van der Waals surface area contributed by atoms with Crippen LogP contribution in [0, 0.1) is 6.92 Å². The summed E-state index contributed by atoms with van der Waals surface area (Å²) in [6, 6.07) is 22.8. The smallest absolute Gasteiger partial charge is 0.224 e. The van der Waals surface area contributed by atoms with Gasteiger partial charge in [-0.25, -0.2) is 4.98 Å². The third kappa shape index (κ3) is 5.53. The van der Waals surface area contributed by atoms with Crippen molar-refractivity contribution >= 4 is 17.5 Å². The van der Waals surface area contributed by atoms with Gasteiger partial charge in [-0.05, 0) is 38.7 Å². The van der Waals surface area contributed by atoms with E-state index in [1.165, 1.54) is 5.56 Å². The second-order valence-electron chi connectivity index (χ2n) is 6.83. The lowest BCUT2D eigenvalue weighted by Gasteiger charge is -2.25. The average molecular weight is 361 g/mol. The number of hydrogen-bond donors (Lipinski definition) is 1. The standard InChI is InChI=1S/C22H27N5/c1-18-16-21(25-22(24-18)23-14-15-26(2)3)27(20-12-8-5-9-13-20)17-19-10-6-4-7-11-19/h4-13,16H,14-15,17H2,1-3H3,(H,23,24,25). The van der Waals surface area contributed by atoms with Crippen LogP contribution >= 0.6 is 0 Å². The molecule has 0 aliphatic heterocycles. The van der Waals surface area contributed by atoms with Gasteiger partial charge in [0.05, 0.1) is 0 Å². The lowest BCUT2D eigenvalue weighted by atomic mass is 10.2. The maximum Gasteiger partial charge on any atom is 0.224 e. The summed E-state index contributed by atoms with van der Waals surface area (Å²) in [6.45, 7) is 4.49. The summed E-state index contributed by atoms with van der Waals surface area (Å²) in [4.78, 5) is 13.7. The maximum atomic E-state index is 4.79. The highest BCUT2D eigenvalue weighted by Gasteiger charge is 2.13. The Bertz CT molecular complexity index is 834. The van der Waals surface area contributed by atoms with Crippen LogP contribution in [0.2, 0.25) is 0 Å². The molecule has 0 radical (unpaired) electrons. The van der Waals surface area contributed by atoms with Crippen LogP contribution in [0.25, 0.3) is 0 Å². The SMILES string of the molecule is Cc1cc(N(Cc2ccccc2)c2ccccc2)nc(NCCN(C)C)n1. The highest BCUT2D eigenvalue weighted by atomic mass is 15.2. The summed E-state index contributed by atoms with van der Waals surface area (Å²) in [5.41, 5.74) is 3.29. The van der Waals surface area contributed by atoms with Crippen LogP contribution in [0.5, 0.6) is 0 Å². The fourth-order valence-electron chi connectivity index (χ4n) is 2.84. The van der Waals surface area contributed by atoms with Crippen molar-refractivity contribution in [2.75, 3.05) is 37.4 Å². The Morgan fingerprint density at radius 1 is 0.889 bits per heavy atom. The molecule has 0 spiro atoms. The summed E-state index contributed by atoms with van der Waals surface area (Å²) < 4.78 is 0. The van der Waals surface area contributed by atoms with Crippen LogP contribution in [0.4, 0.5) is 17.5 Å². The molecule has 0 atom stereocenters. The average Bonchev–Trinajstić information content (AvgIpc) is 2.67. The van der Waals surface area contributed by atoms with Gasteiger partial charge in [-0.15, -0.1) is 0 Å². The molecule has 0 bridgehead atoms. The Labute approximate surface area is 161 Å². The van der Waals surface area contributed by atoms with Gasteiger partial charge >= 0.3 is 0 Å². The first-order valence-corrected chi connectivity index (χ1v) is 9.22. The summed E-state index contributed by atoms with van der Waals surface area (Å²) >= 11 is 0. The molecule has 1 aromatic heterocycles. The zero-order valence-corrected chi connectivity index (χ0v) is 16.3. The van der Waals surface area contributed by atoms with Crippen molar-refractivity contribution in [3.05, 3.63) is 78.0 Å². The van der Waals surface area contributed by atoms with Crippen molar-refractivity contribution in [2.45, 2.75) is 13.5 Å². The molecule has 0 amide bonds. The molecular weight excluding hydrogens is 334 g/mol. The fraction of sp³-hybridized carbons (Fsp3) is 0.273. The fourth-order valence-corrected chi connectivity index (χ4v) is 2.84. The van der Waals surface area contributed by atoms with E-state index in [2.05, 4.69) is 82.7 Å². The summed E-state index contributed by atoms with van der Waals surface area (Å²) in [5, 5.41) is 3.34. The Balaban J connectivity index is 1.90. The van der Waals surface area contributed by atoms with Crippen molar-refractivity contribution in [1.29, 1.82) is 0 Å². The first-order valence-electron chi connectivity index (χ1n) is 9.22. The Kier molecular flexibility index (Phi) is 6.39. The number of rotatable bonds is 8. The monoisotopic (exact) mass is 361 g/mol. The van der Waals surface area contributed by atoms with E-state index >= 15 is 0 Å². The second-order valence-corrected chi connectivity index (χ2v) is 6.83. The predicted molar refractivity (Wildman–Crippen MR) is 113 cm³/mol. The molecule has 0 aliphatic carbocycles. The minimum absolute atomic E-state index is 0.667. The van der Waals surface area contributed by atoms with Crippen LogP contribution in [-0.2, 0) is 6.54 Å². The molecule has 1 heterocycles. The Morgan fingerprint density at radius 2 is 1.56 bits per heavy atom.